The Morgan fingerprint density at radius 1 is 1.29 bits per heavy atom. The highest BCUT2D eigenvalue weighted by atomic mass is 16.5. The number of carbonyl (C=O) groups excluding carboxylic acids is 1. The van der Waals surface area contributed by atoms with Crippen LogP contribution in [0, 0.1) is 12.3 Å². The van der Waals surface area contributed by atoms with Crippen molar-refractivity contribution in [2.24, 2.45) is 5.41 Å². The van der Waals surface area contributed by atoms with Crippen LogP contribution in [-0.2, 0) is 16.1 Å². The number of hydrogen-bond acceptors (Lipinski definition) is 2. The Balaban J connectivity index is 1.94. The molecule has 0 heterocycles. The highest BCUT2D eigenvalue weighted by Gasteiger charge is 2.31. The maximum Gasteiger partial charge on any atom is 0.316 e. The maximum atomic E-state index is 11.9. The molecule has 0 spiro atoms. The smallest absolute Gasteiger partial charge is 0.316 e. The molecule has 0 aromatic heterocycles. The van der Waals surface area contributed by atoms with Gasteiger partial charge in [-0.1, -0.05) is 54.6 Å². The third kappa shape index (κ3) is 2.84. The molecule has 1 aliphatic rings. The van der Waals surface area contributed by atoms with Crippen molar-refractivity contribution in [3.05, 3.63) is 67.1 Å². The Bertz CT molecular complexity index is 445. The van der Waals surface area contributed by atoms with Crippen molar-refractivity contribution < 1.29 is 9.53 Å². The van der Waals surface area contributed by atoms with Gasteiger partial charge in [0.1, 0.15) is 6.61 Å². The van der Waals surface area contributed by atoms with Gasteiger partial charge in [-0.3, -0.25) is 4.79 Å². The second kappa shape index (κ2) is 5.00. The summed E-state index contributed by atoms with van der Waals surface area (Å²) in [5.74, 6) is -0.276. The average Bonchev–Trinajstić information content (AvgIpc) is 2.38. The number of rotatable bonds is 3. The summed E-state index contributed by atoms with van der Waals surface area (Å²) in [5, 5.41) is 0. The summed E-state index contributed by atoms with van der Waals surface area (Å²) in [6, 6.07) is 9.64. The first-order valence-electron chi connectivity index (χ1n) is 5.62. The molecule has 1 unspecified atom stereocenters. The zero-order chi connectivity index (χ0) is 12.1. The average molecular weight is 227 g/mol. The Kier molecular flexibility index (Phi) is 3.43. The Morgan fingerprint density at radius 2 is 2.06 bits per heavy atom. The van der Waals surface area contributed by atoms with Crippen molar-refractivity contribution >= 4 is 5.97 Å². The molecule has 2 nitrogen and oxygen atoms in total. The van der Waals surface area contributed by atoms with Gasteiger partial charge in [0.15, 0.2) is 0 Å². The molecule has 2 heteroatoms. The standard InChI is InChI=1S/C15H15O2/c1-15(10-6-3-7-11-15)14(16)17-12-13-8-4-2-5-9-13/h2-10H,1,11-12H2. The van der Waals surface area contributed by atoms with Crippen LogP contribution in [-0.4, -0.2) is 5.97 Å². The molecule has 0 bridgehead atoms. The molecule has 1 aromatic rings. The van der Waals surface area contributed by atoms with Crippen molar-refractivity contribution in [1.29, 1.82) is 0 Å². The van der Waals surface area contributed by atoms with Crippen LogP contribution in [0.1, 0.15) is 12.0 Å². The van der Waals surface area contributed by atoms with Crippen molar-refractivity contribution in [3.63, 3.8) is 0 Å². The molecule has 0 saturated carbocycles. The largest absolute Gasteiger partial charge is 0.460 e. The minimum absolute atomic E-state index is 0.276. The predicted molar refractivity (Wildman–Crippen MR) is 66.9 cm³/mol. The second-order valence-electron chi connectivity index (χ2n) is 4.21. The highest BCUT2D eigenvalue weighted by molar-refractivity contribution is 5.80. The van der Waals surface area contributed by atoms with E-state index in [0.717, 1.165) is 5.56 Å². The summed E-state index contributed by atoms with van der Waals surface area (Å²) in [6.07, 6.45) is 8.06. The molecule has 0 aliphatic heterocycles. The van der Waals surface area contributed by atoms with Crippen molar-refractivity contribution in [2.75, 3.05) is 0 Å². The Labute approximate surface area is 102 Å². The van der Waals surface area contributed by atoms with E-state index in [1.807, 2.05) is 48.6 Å². The predicted octanol–water partition coefficient (Wildman–Crippen LogP) is 3.07. The fourth-order valence-corrected chi connectivity index (χ4v) is 1.68. The first kappa shape index (κ1) is 11.6. The molecule has 1 radical (unpaired) electrons. The minimum atomic E-state index is -0.760. The first-order chi connectivity index (χ1) is 8.21. The number of benzene rings is 1. The summed E-state index contributed by atoms with van der Waals surface area (Å²) in [5.41, 5.74) is 0.226. The summed E-state index contributed by atoms with van der Waals surface area (Å²) in [6.45, 7) is 4.23. The fraction of sp³-hybridized carbons (Fsp3) is 0.200. The van der Waals surface area contributed by atoms with E-state index in [1.165, 1.54) is 0 Å². The van der Waals surface area contributed by atoms with Gasteiger partial charge >= 0.3 is 5.97 Å². The van der Waals surface area contributed by atoms with Crippen molar-refractivity contribution in [3.8, 4) is 0 Å². The van der Waals surface area contributed by atoms with Crippen molar-refractivity contribution in [1.82, 2.24) is 0 Å². The van der Waals surface area contributed by atoms with E-state index in [0.29, 0.717) is 13.0 Å². The van der Waals surface area contributed by atoms with Gasteiger partial charge in [0, 0.05) is 0 Å². The van der Waals surface area contributed by atoms with Crippen LogP contribution in [0.15, 0.2) is 54.6 Å². The van der Waals surface area contributed by atoms with E-state index < -0.39 is 5.41 Å². The summed E-state index contributed by atoms with van der Waals surface area (Å²) in [7, 11) is 0. The Hall–Kier alpha value is -1.83. The number of hydrogen-bond donors (Lipinski definition) is 0. The van der Waals surface area contributed by atoms with Crippen LogP contribution in [0.5, 0.6) is 0 Å². The van der Waals surface area contributed by atoms with Gasteiger partial charge in [-0.25, -0.2) is 0 Å². The van der Waals surface area contributed by atoms with E-state index in [1.54, 1.807) is 6.08 Å². The van der Waals surface area contributed by atoms with Gasteiger partial charge < -0.3 is 4.74 Å². The maximum absolute atomic E-state index is 11.9. The normalized spacial score (nSPS) is 22.4. The monoisotopic (exact) mass is 227 g/mol. The lowest BCUT2D eigenvalue weighted by molar-refractivity contribution is -0.152. The van der Waals surface area contributed by atoms with Crippen LogP contribution in [0.4, 0.5) is 0 Å². The highest BCUT2D eigenvalue weighted by Crippen LogP contribution is 2.28. The molecular weight excluding hydrogens is 212 g/mol. The third-order valence-electron chi connectivity index (χ3n) is 2.76. The molecule has 1 atom stereocenters. The van der Waals surface area contributed by atoms with Crippen LogP contribution >= 0.6 is 0 Å². The molecule has 1 aliphatic carbocycles. The van der Waals surface area contributed by atoms with Gasteiger partial charge in [-0.2, -0.15) is 0 Å². The first-order valence-corrected chi connectivity index (χ1v) is 5.62. The van der Waals surface area contributed by atoms with Crippen molar-refractivity contribution in [2.45, 2.75) is 13.0 Å². The van der Waals surface area contributed by atoms with Gasteiger partial charge in [0.25, 0.3) is 0 Å². The molecule has 0 saturated heterocycles. The van der Waals surface area contributed by atoms with Gasteiger partial charge in [-0.05, 0) is 18.9 Å². The fourth-order valence-electron chi connectivity index (χ4n) is 1.68. The van der Waals surface area contributed by atoms with E-state index in [-0.39, 0.29) is 5.97 Å². The summed E-state index contributed by atoms with van der Waals surface area (Å²) >= 11 is 0. The van der Waals surface area contributed by atoms with E-state index in [4.69, 9.17) is 4.74 Å². The topological polar surface area (TPSA) is 26.3 Å². The zero-order valence-corrected chi connectivity index (χ0v) is 9.63. The quantitative estimate of drug-likeness (QED) is 0.742. The second-order valence-corrected chi connectivity index (χ2v) is 4.21. The summed E-state index contributed by atoms with van der Waals surface area (Å²) in [4.78, 5) is 11.9. The molecule has 17 heavy (non-hydrogen) atoms. The number of esters is 1. The van der Waals surface area contributed by atoms with E-state index >= 15 is 0 Å². The molecule has 0 amide bonds. The molecule has 0 fully saturated rings. The zero-order valence-electron chi connectivity index (χ0n) is 9.63. The van der Waals surface area contributed by atoms with Crippen LogP contribution in [0.2, 0.25) is 0 Å². The van der Waals surface area contributed by atoms with Crippen LogP contribution < -0.4 is 0 Å². The molecule has 0 N–H and O–H groups in total. The Morgan fingerprint density at radius 3 is 2.71 bits per heavy atom. The van der Waals surface area contributed by atoms with E-state index in [2.05, 4.69) is 6.92 Å². The van der Waals surface area contributed by atoms with Gasteiger partial charge in [0.05, 0.1) is 5.41 Å². The number of ether oxygens (including phenoxy) is 1. The van der Waals surface area contributed by atoms with Crippen LogP contribution in [0.25, 0.3) is 0 Å². The SMILES string of the molecule is [CH2]C1(C(=O)OCc2ccccc2)C=CC=CC1. The number of allylic oxidation sites excluding steroid dienone is 3. The minimum Gasteiger partial charge on any atom is -0.460 e. The van der Waals surface area contributed by atoms with Gasteiger partial charge in [-0.15, -0.1) is 0 Å². The molecule has 1 aromatic carbocycles. The number of carbonyl (C=O) groups is 1. The lowest BCUT2D eigenvalue weighted by Crippen LogP contribution is -2.28. The molecule has 87 valence electrons. The third-order valence-corrected chi connectivity index (χ3v) is 2.76. The summed E-state index contributed by atoms with van der Waals surface area (Å²) < 4.78 is 5.28. The molecule has 2 rings (SSSR count). The lowest BCUT2D eigenvalue weighted by atomic mass is 9.84. The van der Waals surface area contributed by atoms with E-state index in [9.17, 15) is 4.79 Å². The molecular formula is C15H15O2. The van der Waals surface area contributed by atoms with Crippen LogP contribution in [0.3, 0.4) is 0 Å². The van der Waals surface area contributed by atoms with Gasteiger partial charge in [0.2, 0.25) is 0 Å². The lowest BCUT2D eigenvalue weighted by Gasteiger charge is -2.23.